The quantitative estimate of drug-likeness (QED) is 0.195. The number of benzene rings is 2. The minimum atomic E-state index is 0.192. The van der Waals surface area contributed by atoms with E-state index in [9.17, 15) is 0 Å². The number of amidine groups is 1. The summed E-state index contributed by atoms with van der Waals surface area (Å²) in [6.07, 6.45) is 28.8. The largest absolute Gasteiger partial charge is 0.273 e. The summed E-state index contributed by atoms with van der Waals surface area (Å²) in [5.41, 5.74) is 14.4. The van der Waals surface area contributed by atoms with E-state index in [-0.39, 0.29) is 5.92 Å². The molecule has 6 rings (SSSR count). The van der Waals surface area contributed by atoms with Gasteiger partial charge in [0.15, 0.2) is 0 Å². The van der Waals surface area contributed by atoms with Crippen LogP contribution in [0.3, 0.4) is 0 Å². The molecule has 2 aromatic carbocycles. The molecule has 0 amide bonds. The molecule has 210 valence electrons. The molecule has 0 radical (unpaired) electrons. The van der Waals surface area contributed by atoms with Crippen LogP contribution in [0.1, 0.15) is 68.2 Å². The molecular formula is C40H40N2. The molecule has 2 heteroatoms. The normalized spacial score (nSPS) is 20.9. The van der Waals surface area contributed by atoms with E-state index in [1.165, 1.54) is 39.0 Å². The van der Waals surface area contributed by atoms with E-state index in [1.807, 2.05) is 7.05 Å². The standard InChI is InChI=1S/C40H40N2/c1-28(30-13-6-4-7-14-30)21-22-29(2)39(42-40(41-3)33-15-8-5-9-16-33)32-25-23-31(24-26-32)36-20-12-18-35-27-34-17-10-11-19-37(34)38(35)36/h5-6,8-11,13-15,17,19-26,33H,4,7,12,16,18,27H2,1-3H3/b28-21+,29-22+,41-40?,42-39?. The van der Waals surface area contributed by atoms with Crippen molar-refractivity contribution in [2.45, 2.75) is 52.4 Å². The first kappa shape index (κ1) is 27.8. The van der Waals surface area contributed by atoms with E-state index in [0.29, 0.717) is 0 Å². The van der Waals surface area contributed by atoms with Crippen LogP contribution in [-0.4, -0.2) is 18.6 Å². The van der Waals surface area contributed by atoms with Crippen molar-refractivity contribution >= 4 is 22.7 Å². The summed E-state index contributed by atoms with van der Waals surface area (Å²) in [6.45, 7) is 4.36. The van der Waals surface area contributed by atoms with Crippen molar-refractivity contribution in [3.8, 4) is 0 Å². The summed E-state index contributed by atoms with van der Waals surface area (Å²) in [7, 11) is 1.86. The zero-order valence-corrected chi connectivity index (χ0v) is 25.1. The highest BCUT2D eigenvalue weighted by molar-refractivity contribution is 6.17. The van der Waals surface area contributed by atoms with Crippen molar-refractivity contribution in [3.05, 3.63) is 154 Å². The van der Waals surface area contributed by atoms with Gasteiger partial charge in [0, 0.05) is 18.5 Å². The summed E-state index contributed by atoms with van der Waals surface area (Å²) < 4.78 is 0. The van der Waals surface area contributed by atoms with Gasteiger partial charge in [0.05, 0.1) is 5.71 Å². The van der Waals surface area contributed by atoms with E-state index in [1.54, 1.807) is 5.57 Å². The Hall–Kier alpha value is -4.30. The summed E-state index contributed by atoms with van der Waals surface area (Å²) in [5.74, 6) is 1.06. The Balaban J connectivity index is 1.35. The highest BCUT2D eigenvalue weighted by Crippen LogP contribution is 2.45. The topological polar surface area (TPSA) is 24.7 Å². The highest BCUT2D eigenvalue weighted by atomic mass is 14.9. The second-order valence-corrected chi connectivity index (χ2v) is 11.6. The molecule has 0 fully saturated rings. The van der Waals surface area contributed by atoms with Crippen LogP contribution in [0.15, 0.2) is 142 Å². The minimum absolute atomic E-state index is 0.192. The van der Waals surface area contributed by atoms with Crippen LogP contribution in [0.4, 0.5) is 0 Å². The highest BCUT2D eigenvalue weighted by Gasteiger charge is 2.26. The Bertz CT molecular complexity index is 1670. The van der Waals surface area contributed by atoms with Gasteiger partial charge >= 0.3 is 0 Å². The number of nitrogens with zero attached hydrogens (tertiary/aromatic N) is 2. The maximum atomic E-state index is 5.24. The average Bonchev–Trinajstić information content (AvgIpc) is 3.44. The van der Waals surface area contributed by atoms with Crippen molar-refractivity contribution in [1.29, 1.82) is 0 Å². The summed E-state index contributed by atoms with van der Waals surface area (Å²) >= 11 is 0. The molecule has 0 aliphatic heterocycles. The van der Waals surface area contributed by atoms with E-state index < -0.39 is 0 Å². The number of hydrogen-bond donors (Lipinski definition) is 0. The monoisotopic (exact) mass is 548 g/mol. The average molecular weight is 549 g/mol. The third-order valence-corrected chi connectivity index (χ3v) is 8.75. The molecule has 1 atom stereocenters. The fourth-order valence-corrected chi connectivity index (χ4v) is 6.44. The number of rotatable bonds is 6. The Labute approximate surface area is 251 Å². The number of fused-ring (bicyclic) bond motifs is 2. The maximum absolute atomic E-state index is 5.24. The summed E-state index contributed by atoms with van der Waals surface area (Å²) in [5, 5.41) is 0. The fourth-order valence-electron chi connectivity index (χ4n) is 6.44. The molecule has 1 unspecified atom stereocenters. The van der Waals surface area contributed by atoms with Crippen LogP contribution in [-0.2, 0) is 6.42 Å². The first-order chi connectivity index (χ1) is 20.6. The molecule has 4 aliphatic rings. The van der Waals surface area contributed by atoms with Crippen molar-refractivity contribution in [2.24, 2.45) is 15.9 Å². The van der Waals surface area contributed by atoms with Gasteiger partial charge in [-0.3, -0.25) is 4.99 Å². The third-order valence-electron chi connectivity index (χ3n) is 8.75. The Morgan fingerprint density at radius 1 is 0.881 bits per heavy atom. The molecule has 0 aromatic heterocycles. The first-order valence-electron chi connectivity index (χ1n) is 15.4. The lowest BCUT2D eigenvalue weighted by molar-refractivity contribution is 0.856. The molecule has 2 aromatic rings. The van der Waals surface area contributed by atoms with E-state index in [2.05, 4.69) is 128 Å². The lowest BCUT2D eigenvalue weighted by atomic mass is 9.86. The summed E-state index contributed by atoms with van der Waals surface area (Å²) in [4.78, 5) is 9.88. The molecule has 4 aliphatic carbocycles. The number of aliphatic imine (C=N–C) groups is 2. The Morgan fingerprint density at radius 3 is 2.50 bits per heavy atom. The van der Waals surface area contributed by atoms with Crippen LogP contribution in [0, 0.1) is 5.92 Å². The van der Waals surface area contributed by atoms with Crippen LogP contribution in [0.25, 0.3) is 11.1 Å². The molecule has 0 heterocycles. The minimum Gasteiger partial charge on any atom is -0.273 e. The second kappa shape index (κ2) is 12.7. The second-order valence-electron chi connectivity index (χ2n) is 11.6. The zero-order chi connectivity index (χ0) is 28.9. The van der Waals surface area contributed by atoms with Crippen LogP contribution in [0.2, 0.25) is 0 Å². The van der Waals surface area contributed by atoms with Crippen molar-refractivity contribution < 1.29 is 0 Å². The molecular weight excluding hydrogens is 508 g/mol. The van der Waals surface area contributed by atoms with Crippen molar-refractivity contribution in [1.82, 2.24) is 0 Å². The van der Waals surface area contributed by atoms with Gasteiger partial charge in [-0.05, 0) is 96.9 Å². The molecule has 0 saturated carbocycles. The SMILES string of the molecule is CN=C(N=C(/C(C)=C/C=C(\C)C1=CCCC=C1)c1ccc(C2=CCCC3=C2c2ccccc2C3)cc1)C1C=CC=CC1. The number of allylic oxidation sites excluding steroid dienone is 15. The van der Waals surface area contributed by atoms with Gasteiger partial charge in [-0.25, -0.2) is 4.99 Å². The number of hydrogen-bond acceptors (Lipinski definition) is 1. The Kier molecular flexibility index (Phi) is 8.42. The van der Waals surface area contributed by atoms with Crippen LogP contribution in [0.5, 0.6) is 0 Å². The van der Waals surface area contributed by atoms with E-state index in [0.717, 1.165) is 61.2 Å². The fraction of sp³-hybridized carbons (Fsp3) is 0.250. The molecule has 0 saturated heterocycles. The van der Waals surface area contributed by atoms with Crippen LogP contribution >= 0.6 is 0 Å². The van der Waals surface area contributed by atoms with Gasteiger partial charge < -0.3 is 0 Å². The predicted molar refractivity (Wildman–Crippen MR) is 181 cm³/mol. The summed E-state index contributed by atoms with van der Waals surface area (Å²) in [6, 6.07) is 18.0. The molecule has 0 spiro atoms. The van der Waals surface area contributed by atoms with Crippen molar-refractivity contribution in [3.63, 3.8) is 0 Å². The van der Waals surface area contributed by atoms with Crippen molar-refractivity contribution in [2.75, 3.05) is 7.05 Å². The lowest BCUT2D eigenvalue weighted by Crippen LogP contribution is -2.15. The zero-order valence-electron chi connectivity index (χ0n) is 25.1. The Morgan fingerprint density at radius 2 is 1.74 bits per heavy atom. The van der Waals surface area contributed by atoms with Gasteiger partial charge in [0.25, 0.3) is 0 Å². The molecule has 0 bridgehead atoms. The maximum Gasteiger partial charge on any atom is 0.130 e. The smallest absolute Gasteiger partial charge is 0.130 e. The van der Waals surface area contributed by atoms with Crippen LogP contribution < -0.4 is 0 Å². The molecule has 0 N–H and O–H groups in total. The molecule has 2 nitrogen and oxygen atoms in total. The van der Waals surface area contributed by atoms with Gasteiger partial charge in [0.1, 0.15) is 5.84 Å². The van der Waals surface area contributed by atoms with E-state index >= 15 is 0 Å². The van der Waals surface area contributed by atoms with Gasteiger partial charge in [-0.1, -0.05) is 115 Å². The first-order valence-corrected chi connectivity index (χ1v) is 15.4. The predicted octanol–water partition coefficient (Wildman–Crippen LogP) is 9.99. The lowest BCUT2D eigenvalue weighted by Gasteiger charge is -2.19. The van der Waals surface area contributed by atoms with Gasteiger partial charge in [-0.2, -0.15) is 0 Å². The van der Waals surface area contributed by atoms with Gasteiger partial charge in [0.2, 0.25) is 0 Å². The van der Waals surface area contributed by atoms with E-state index in [4.69, 9.17) is 4.99 Å². The van der Waals surface area contributed by atoms with Gasteiger partial charge in [-0.15, -0.1) is 0 Å². The third kappa shape index (κ3) is 5.85. The molecule has 42 heavy (non-hydrogen) atoms.